The Hall–Kier alpha value is -3.20. The largest absolute Gasteiger partial charge is 0.398 e. The number of nitrogen functional groups attached to an aromatic ring is 1. The lowest BCUT2D eigenvalue weighted by Crippen LogP contribution is -1.93. The van der Waals surface area contributed by atoms with Gasteiger partial charge in [-0.1, -0.05) is 36.4 Å². The second kappa shape index (κ2) is 5.78. The fourth-order valence-electron chi connectivity index (χ4n) is 3.03. The molecular weight excluding hydrogens is 294 g/mol. The van der Waals surface area contributed by atoms with Crippen molar-refractivity contribution in [3.8, 4) is 22.4 Å². The maximum atomic E-state index is 6.12. The average Bonchev–Trinajstić information content (AvgIpc) is 2.62. The number of aromatic nitrogens is 2. The lowest BCUT2D eigenvalue weighted by atomic mass is 9.96. The summed E-state index contributed by atoms with van der Waals surface area (Å²) in [6.45, 7) is 2.11. The van der Waals surface area contributed by atoms with E-state index in [0.717, 1.165) is 39.0 Å². The Morgan fingerprint density at radius 2 is 1.62 bits per heavy atom. The third kappa shape index (κ3) is 2.40. The van der Waals surface area contributed by atoms with Crippen LogP contribution in [0.3, 0.4) is 0 Å². The summed E-state index contributed by atoms with van der Waals surface area (Å²) in [7, 11) is 0. The molecule has 2 aromatic heterocycles. The van der Waals surface area contributed by atoms with Crippen LogP contribution in [-0.4, -0.2) is 9.97 Å². The Bertz CT molecular complexity index is 1040. The van der Waals surface area contributed by atoms with Crippen molar-refractivity contribution in [2.24, 2.45) is 0 Å². The molecule has 4 rings (SSSR count). The summed E-state index contributed by atoms with van der Waals surface area (Å²) < 4.78 is 0. The summed E-state index contributed by atoms with van der Waals surface area (Å²) in [5.74, 6) is 0. The van der Waals surface area contributed by atoms with Gasteiger partial charge in [-0.3, -0.25) is 9.97 Å². The van der Waals surface area contributed by atoms with Gasteiger partial charge in [0.05, 0.1) is 11.2 Å². The highest BCUT2D eigenvalue weighted by Gasteiger charge is 2.11. The Morgan fingerprint density at radius 1 is 0.792 bits per heavy atom. The van der Waals surface area contributed by atoms with Crippen molar-refractivity contribution in [3.63, 3.8) is 0 Å². The topological polar surface area (TPSA) is 51.8 Å². The monoisotopic (exact) mass is 311 g/mol. The van der Waals surface area contributed by atoms with Crippen molar-refractivity contribution in [1.29, 1.82) is 0 Å². The van der Waals surface area contributed by atoms with E-state index in [2.05, 4.69) is 47.2 Å². The minimum Gasteiger partial charge on any atom is -0.398 e. The summed E-state index contributed by atoms with van der Waals surface area (Å²) in [4.78, 5) is 9.02. The number of rotatable bonds is 2. The number of hydrogen-bond acceptors (Lipinski definition) is 3. The molecule has 0 fully saturated rings. The highest BCUT2D eigenvalue weighted by molar-refractivity contribution is 5.95. The first-order chi connectivity index (χ1) is 11.7. The quantitative estimate of drug-likeness (QED) is 0.575. The van der Waals surface area contributed by atoms with Crippen molar-refractivity contribution in [1.82, 2.24) is 9.97 Å². The van der Waals surface area contributed by atoms with Gasteiger partial charge in [-0.15, -0.1) is 0 Å². The normalized spacial score (nSPS) is 10.9. The molecule has 0 amide bonds. The smallest absolute Gasteiger partial charge is 0.0782 e. The molecule has 0 aliphatic heterocycles. The van der Waals surface area contributed by atoms with E-state index >= 15 is 0 Å². The maximum absolute atomic E-state index is 6.12. The summed E-state index contributed by atoms with van der Waals surface area (Å²) in [5, 5.41) is 0.967. The van der Waals surface area contributed by atoms with Crippen molar-refractivity contribution < 1.29 is 0 Å². The van der Waals surface area contributed by atoms with E-state index in [1.54, 1.807) is 6.20 Å². The summed E-state index contributed by atoms with van der Waals surface area (Å²) in [6, 6.07) is 20.4. The minimum absolute atomic E-state index is 0.739. The Labute approximate surface area is 140 Å². The van der Waals surface area contributed by atoms with E-state index in [-0.39, 0.29) is 0 Å². The van der Waals surface area contributed by atoms with Crippen LogP contribution in [0.1, 0.15) is 5.56 Å². The molecule has 0 saturated heterocycles. The molecular formula is C21H17N3. The summed E-state index contributed by atoms with van der Waals surface area (Å²) in [6.07, 6.45) is 3.57. The van der Waals surface area contributed by atoms with Crippen LogP contribution in [0.25, 0.3) is 33.3 Å². The number of benzene rings is 2. The molecule has 0 bridgehead atoms. The molecule has 0 unspecified atom stereocenters. The highest BCUT2D eigenvalue weighted by atomic mass is 14.7. The van der Waals surface area contributed by atoms with Gasteiger partial charge in [0.2, 0.25) is 0 Å². The van der Waals surface area contributed by atoms with Gasteiger partial charge in [0.25, 0.3) is 0 Å². The molecule has 3 heteroatoms. The van der Waals surface area contributed by atoms with E-state index in [4.69, 9.17) is 5.73 Å². The van der Waals surface area contributed by atoms with Crippen LogP contribution in [0.15, 0.2) is 73.1 Å². The van der Waals surface area contributed by atoms with Crippen molar-refractivity contribution in [2.75, 3.05) is 5.73 Å². The predicted molar refractivity (Wildman–Crippen MR) is 99.6 cm³/mol. The van der Waals surface area contributed by atoms with Gasteiger partial charge >= 0.3 is 0 Å². The lowest BCUT2D eigenvalue weighted by molar-refractivity contribution is 1.31. The molecule has 4 aromatic rings. The van der Waals surface area contributed by atoms with Crippen LogP contribution < -0.4 is 5.73 Å². The predicted octanol–water partition coefficient (Wildman–Crippen LogP) is 4.85. The maximum Gasteiger partial charge on any atom is 0.0782 e. The van der Waals surface area contributed by atoms with Crippen molar-refractivity contribution in [3.05, 3.63) is 78.6 Å². The van der Waals surface area contributed by atoms with E-state index in [1.807, 2.05) is 36.5 Å². The van der Waals surface area contributed by atoms with E-state index in [1.165, 1.54) is 5.56 Å². The summed E-state index contributed by atoms with van der Waals surface area (Å²) >= 11 is 0. The van der Waals surface area contributed by atoms with E-state index in [9.17, 15) is 0 Å². The minimum atomic E-state index is 0.739. The second-order valence-corrected chi connectivity index (χ2v) is 5.85. The SMILES string of the molecule is Cc1ccccc1-c1ncccc1-c1ccc2nccc(N)c2c1. The van der Waals surface area contributed by atoms with E-state index < -0.39 is 0 Å². The van der Waals surface area contributed by atoms with Gasteiger partial charge in [-0.2, -0.15) is 0 Å². The van der Waals surface area contributed by atoms with E-state index in [0.29, 0.717) is 0 Å². The fourth-order valence-corrected chi connectivity index (χ4v) is 3.03. The molecule has 2 heterocycles. The van der Waals surface area contributed by atoms with Gasteiger partial charge in [-0.25, -0.2) is 0 Å². The van der Waals surface area contributed by atoms with Crippen LogP contribution in [0, 0.1) is 6.92 Å². The number of nitrogens with two attached hydrogens (primary N) is 1. The third-order valence-corrected chi connectivity index (χ3v) is 4.29. The molecule has 0 atom stereocenters. The van der Waals surface area contributed by atoms with Crippen LogP contribution in [0.5, 0.6) is 0 Å². The number of fused-ring (bicyclic) bond motifs is 1. The first-order valence-corrected chi connectivity index (χ1v) is 7.90. The molecule has 0 radical (unpaired) electrons. The fraction of sp³-hybridized carbons (Fsp3) is 0.0476. The van der Waals surface area contributed by atoms with Crippen LogP contribution in [-0.2, 0) is 0 Å². The Balaban J connectivity index is 1.95. The standard InChI is InChI=1S/C21H17N3/c1-14-5-2-3-6-16(14)21-17(7-4-11-24-21)15-8-9-20-18(13-15)19(22)10-12-23-20/h2-13H,1H3,(H2,22,23). The number of nitrogens with zero attached hydrogens (tertiary/aromatic N) is 2. The molecule has 0 spiro atoms. The second-order valence-electron chi connectivity index (χ2n) is 5.85. The zero-order valence-corrected chi connectivity index (χ0v) is 13.4. The number of aryl methyl sites for hydroxylation is 1. The molecule has 2 aromatic carbocycles. The van der Waals surface area contributed by atoms with Crippen LogP contribution >= 0.6 is 0 Å². The van der Waals surface area contributed by atoms with Gasteiger partial charge < -0.3 is 5.73 Å². The van der Waals surface area contributed by atoms with Crippen molar-refractivity contribution in [2.45, 2.75) is 6.92 Å². The Kier molecular flexibility index (Phi) is 3.47. The molecule has 2 N–H and O–H groups in total. The average molecular weight is 311 g/mol. The number of hydrogen-bond donors (Lipinski definition) is 1. The first kappa shape index (κ1) is 14.4. The zero-order valence-electron chi connectivity index (χ0n) is 13.4. The van der Waals surface area contributed by atoms with Gasteiger partial charge in [0, 0.05) is 34.6 Å². The summed E-state index contributed by atoms with van der Waals surface area (Å²) in [5.41, 5.74) is 13.3. The highest BCUT2D eigenvalue weighted by Crippen LogP contribution is 2.34. The first-order valence-electron chi connectivity index (χ1n) is 7.90. The number of pyridine rings is 2. The molecule has 116 valence electrons. The van der Waals surface area contributed by atoms with Gasteiger partial charge in [0.15, 0.2) is 0 Å². The zero-order chi connectivity index (χ0) is 16.5. The van der Waals surface area contributed by atoms with Crippen LogP contribution in [0.2, 0.25) is 0 Å². The molecule has 3 nitrogen and oxygen atoms in total. The molecule has 24 heavy (non-hydrogen) atoms. The molecule has 0 aliphatic rings. The third-order valence-electron chi connectivity index (χ3n) is 4.29. The number of anilines is 1. The molecule has 0 aliphatic carbocycles. The lowest BCUT2D eigenvalue weighted by Gasteiger charge is -2.12. The van der Waals surface area contributed by atoms with Gasteiger partial charge in [-0.05, 0) is 42.3 Å². The van der Waals surface area contributed by atoms with Gasteiger partial charge in [0.1, 0.15) is 0 Å². The van der Waals surface area contributed by atoms with Crippen LogP contribution in [0.4, 0.5) is 5.69 Å². The molecule has 0 saturated carbocycles. The Morgan fingerprint density at radius 3 is 2.50 bits per heavy atom. The van der Waals surface area contributed by atoms with Crippen molar-refractivity contribution >= 4 is 16.6 Å².